The molecule has 0 radical (unpaired) electrons. The number of carbonyl (C=O) groups excluding carboxylic acids is 1. The first-order chi connectivity index (χ1) is 12.1. The molecule has 3 rings (SSSR count). The van der Waals surface area contributed by atoms with Gasteiger partial charge in [0.1, 0.15) is 13.2 Å². The quantitative estimate of drug-likeness (QED) is 0.837. The zero-order valence-electron chi connectivity index (χ0n) is 13.9. The van der Waals surface area contributed by atoms with Crippen molar-refractivity contribution in [2.24, 2.45) is 0 Å². The van der Waals surface area contributed by atoms with E-state index in [-0.39, 0.29) is 5.91 Å². The number of rotatable bonds is 5. The Hall–Kier alpha value is -2.24. The lowest BCUT2D eigenvalue weighted by atomic mass is 10.0. The molecule has 132 valence electrons. The molecule has 0 fully saturated rings. The summed E-state index contributed by atoms with van der Waals surface area (Å²) < 4.78 is 11.2. The Balaban J connectivity index is 1.94. The summed E-state index contributed by atoms with van der Waals surface area (Å²) in [5, 5.41) is 13.8. The first-order valence-corrected chi connectivity index (χ1v) is 8.64. The van der Waals surface area contributed by atoms with Gasteiger partial charge in [-0.05, 0) is 30.7 Å². The van der Waals surface area contributed by atoms with Gasteiger partial charge in [0.05, 0.1) is 11.8 Å². The molecule has 0 saturated carbocycles. The molecule has 1 aliphatic heterocycles. The highest BCUT2D eigenvalue weighted by molar-refractivity contribution is 6.31. The lowest BCUT2D eigenvalue weighted by Gasteiger charge is -2.23. The van der Waals surface area contributed by atoms with Crippen LogP contribution >= 0.6 is 11.6 Å². The average Bonchev–Trinajstić information content (AvgIpc) is 2.61. The molecule has 6 heteroatoms. The van der Waals surface area contributed by atoms with Crippen LogP contribution in [0.3, 0.4) is 0 Å². The fourth-order valence-corrected chi connectivity index (χ4v) is 2.93. The minimum absolute atomic E-state index is 0.302. The molecule has 0 saturated heterocycles. The van der Waals surface area contributed by atoms with Crippen molar-refractivity contribution in [2.45, 2.75) is 25.9 Å². The van der Waals surface area contributed by atoms with E-state index in [2.05, 4.69) is 5.32 Å². The third-order valence-electron chi connectivity index (χ3n) is 3.97. The summed E-state index contributed by atoms with van der Waals surface area (Å²) in [5.74, 6) is 0.835. The Morgan fingerprint density at radius 3 is 2.64 bits per heavy atom. The molecular formula is C19H20ClNO4. The average molecular weight is 362 g/mol. The highest BCUT2D eigenvalue weighted by atomic mass is 35.5. The van der Waals surface area contributed by atoms with E-state index in [1.807, 2.05) is 6.92 Å². The summed E-state index contributed by atoms with van der Waals surface area (Å²) in [6.07, 6.45) is 0.701. The van der Waals surface area contributed by atoms with Crippen molar-refractivity contribution < 1.29 is 19.4 Å². The highest BCUT2D eigenvalue weighted by Gasteiger charge is 2.21. The van der Waals surface area contributed by atoms with Crippen LogP contribution in [0.5, 0.6) is 11.5 Å². The van der Waals surface area contributed by atoms with E-state index >= 15 is 0 Å². The zero-order chi connectivity index (χ0) is 17.8. The molecule has 1 aliphatic rings. The summed E-state index contributed by atoms with van der Waals surface area (Å²) in [4.78, 5) is 12.5. The van der Waals surface area contributed by atoms with Gasteiger partial charge in [-0.3, -0.25) is 4.79 Å². The van der Waals surface area contributed by atoms with Gasteiger partial charge in [-0.2, -0.15) is 0 Å². The van der Waals surface area contributed by atoms with Crippen LogP contribution in [0.15, 0.2) is 36.4 Å². The van der Waals surface area contributed by atoms with Crippen molar-refractivity contribution in [1.29, 1.82) is 0 Å². The Labute approximate surface area is 151 Å². The maximum atomic E-state index is 12.5. The second-order valence-corrected chi connectivity index (χ2v) is 6.29. The summed E-state index contributed by atoms with van der Waals surface area (Å²) >= 11 is 5.95. The van der Waals surface area contributed by atoms with Crippen molar-refractivity contribution >= 4 is 23.2 Å². The Bertz CT molecular complexity index is 778. The fraction of sp³-hybridized carbons (Fsp3) is 0.316. The molecule has 1 atom stereocenters. The van der Waals surface area contributed by atoms with Crippen LogP contribution < -0.4 is 14.8 Å². The molecule has 0 aliphatic carbocycles. The molecule has 0 spiro atoms. The maximum absolute atomic E-state index is 12.5. The first-order valence-electron chi connectivity index (χ1n) is 8.27. The summed E-state index contributed by atoms with van der Waals surface area (Å²) in [5.41, 5.74) is 1.56. The Kier molecular flexibility index (Phi) is 5.46. The number of fused-ring (bicyclic) bond motifs is 1. The molecule has 0 aromatic heterocycles. The van der Waals surface area contributed by atoms with Crippen LogP contribution in [-0.4, -0.2) is 24.2 Å². The summed E-state index contributed by atoms with van der Waals surface area (Å²) in [7, 11) is 0. The third kappa shape index (κ3) is 4.06. The lowest BCUT2D eigenvalue weighted by molar-refractivity contribution is 0.102. The Morgan fingerprint density at radius 1 is 1.24 bits per heavy atom. The first kappa shape index (κ1) is 17.6. The van der Waals surface area contributed by atoms with E-state index in [0.29, 0.717) is 53.0 Å². The van der Waals surface area contributed by atoms with Gasteiger partial charge in [-0.1, -0.05) is 31.0 Å². The topological polar surface area (TPSA) is 67.8 Å². The summed E-state index contributed by atoms with van der Waals surface area (Å²) in [6, 6.07) is 10.1. The van der Waals surface area contributed by atoms with Crippen LogP contribution in [0.2, 0.25) is 5.02 Å². The number of carbonyl (C=O) groups is 1. The highest BCUT2D eigenvalue weighted by Crippen LogP contribution is 2.39. The van der Waals surface area contributed by atoms with Crippen molar-refractivity contribution in [2.75, 3.05) is 18.5 Å². The fourth-order valence-electron chi connectivity index (χ4n) is 2.74. The second kappa shape index (κ2) is 7.76. The molecule has 5 nitrogen and oxygen atoms in total. The standard InChI is InChI=1S/C19H20ClNO4/c1-2-4-16(22)14-10-17-18(25-8-7-24-17)11-15(14)21-19(23)12-5-3-6-13(20)9-12/h3,5-6,9-11,16,22H,2,4,7-8H2,1H3,(H,21,23)/t16-/m1/s1. The normalized spacial score (nSPS) is 14.0. The molecule has 2 aromatic carbocycles. The number of anilines is 1. The van der Waals surface area contributed by atoms with Crippen molar-refractivity contribution in [1.82, 2.24) is 0 Å². The van der Waals surface area contributed by atoms with Gasteiger partial charge in [0, 0.05) is 22.2 Å². The molecule has 25 heavy (non-hydrogen) atoms. The number of ether oxygens (including phenoxy) is 2. The largest absolute Gasteiger partial charge is 0.486 e. The van der Waals surface area contributed by atoms with Gasteiger partial charge in [-0.15, -0.1) is 0 Å². The molecule has 2 N–H and O–H groups in total. The predicted molar refractivity (Wildman–Crippen MR) is 96.7 cm³/mol. The van der Waals surface area contributed by atoms with E-state index in [0.717, 1.165) is 6.42 Å². The van der Waals surface area contributed by atoms with E-state index in [4.69, 9.17) is 21.1 Å². The number of amides is 1. The smallest absolute Gasteiger partial charge is 0.255 e. The molecular weight excluding hydrogens is 342 g/mol. The van der Waals surface area contributed by atoms with Crippen LogP contribution in [0, 0.1) is 0 Å². The van der Waals surface area contributed by atoms with Crippen LogP contribution in [0.4, 0.5) is 5.69 Å². The van der Waals surface area contributed by atoms with Crippen LogP contribution in [0.25, 0.3) is 0 Å². The van der Waals surface area contributed by atoms with Gasteiger partial charge in [0.15, 0.2) is 11.5 Å². The van der Waals surface area contributed by atoms with E-state index in [1.165, 1.54) is 0 Å². The maximum Gasteiger partial charge on any atom is 0.255 e. The number of aliphatic hydroxyl groups is 1. The van der Waals surface area contributed by atoms with Crippen molar-refractivity contribution in [3.05, 3.63) is 52.5 Å². The minimum atomic E-state index is -0.699. The SMILES string of the molecule is CCC[C@@H](O)c1cc2c(cc1NC(=O)c1cccc(Cl)c1)OCCO2. The third-order valence-corrected chi connectivity index (χ3v) is 4.21. The van der Waals surface area contributed by atoms with Gasteiger partial charge in [-0.25, -0.2) is 0 Å². The van der Waals surface area contributed by atoms with E-state index in [1.54, 1.807) is 36.4 Å². The van der Waals surface area contributed by atoms with Crippen LogP contribution in [0.1, 0.15) is 41.8 Å². The molecule has 0 bridgehead atoms. The molecule has 1 amide bonds. The second-order valence-electron chi connectivity index (χ2n) is 5.85. The Morgan fingerprint density at radius 2 is 1.96 bits per heavy atom. The number of benzene rings is 2. The van der Waals surface area contributed by atoms with Crippen molar-refractivity contribution in [3.63, 3.8) is 0 Å². The zero-order valence-corrected chi connectivity index (χ0v) is 14.7. The number of nitrogens with one attached hydrogen (secondary N) is 1. The van der Waals surface area contributed by atoms with E-state index in [9.17, 15) is 9.90 Å². The molecule has 1 heterocycles. The summed E-state index contributed by atoms with van der Waals surface area (Å²) in [6.45, 7) is 2.90. The molecule has 2 aromatic rings. The van der Waals surface area contributed by atoms with Gasteiger partial charge >= 0.3 is 0 Å². The van der Waals surface area contributed by atoms with Crippen molar-refractivity contribution in [3.8, 4) is 11.5 Å². The number of hydrogen-bond donors (Lipinski definition) is 2. The number of halogens is 1. The number of aliphatic hydroxyl groups excluding tert-OH is 1. The predicted octanol–water partition coefficient (Wildman–Crippen LogP) is 4.20. The van der Waals surface area contributed by atoms with Gasteiger partial charge < -0.3 is 19.9 Å². The monoisotopic (exact) mass is 361 g/mol. The molecule has 0 unspecified atom stereocenters. The van der Waals surface area contributed by atoms with E-state index < -0.39 is 6.10 Å². The van der Waals surface area contributed by atoms with Crippen LogP contribution in [-0.2, 0) is 0 Å². The lowest BCUT2D eigenvalue weighted by Crippen LogP contribution is -2.18. The van der Waals surface area contributed by atoms with Gasteiger partial charge in [0.2, 0.25) is 0 Å². The number of hydrogen-bond acceptors (Lipinski definition) is 4. The van der Waals surface area contributed by atoms with Gasteiger partial charge in [0.25, 0.3) is 5.91 Å². The minimum Gasteiger partial charge on any atom is -0.486 e.